The summed E-state index contributed by atoms with van der Waals surface area (Å²) in [5.74, 6) is -0.290. The lowest BCUT2D eigenvalue weighted by Gasteiger charge is -2.11. The van der Waals surface area contributed by atoms with Gasteiger partial charge in [0.15, 0.2) is 0 Å². The third-order valence-corrected chi connectivity index (χ3v) is 5.56. The molecular formula is C17H15BrFN3O2S. The highest BCUT2D eigenvalue weighted by Crippen LogP contribution is 2.33. The summed E-state index contributed by atoms with van der Waals surface area (Å²) >= 11 is 3.38. The van der Waals surface area contributed by atoms with Gasteiger partial charge in [0.25, 0.3) is 10.0 Å². The van der Waals surface area contributed by atoms with Crippen LogP contribution in [0.4, 0.5) is 10.2 Å². The first-order chi connectivity index (χ1) is 11.8. The van der Waals surface area contributed by atoms with Crippen molar-refractivity contribution in [2.24, 2.45) is 7.05 Å². The van der Waals surface area contributed by atoms with Crippen LogP contribution in [0.25, 0.3) is 11.1 Å². The number of halogens is 2. The van der Waals surface area contributed by atoms with Crippen LogP contribution in [-0.2, 0) is 17.1 Å². The Labute approximate surface area is 153 Å². The number of nitrogens with zero attached hydrogens (tertiary/aromatic N) is 2. The van der Waals surface area contributed by atoms with Gasteiger partial charge >= 0.3 is 0 Å². The van der Waals surface area contributed by atoms with Crippen molar-refractivity contribution in [3.05, 3.63) is 64.5 Å². The number of anilines is 1. The average Bonchev–Trinajstić information content (AvgIpc) is 2.82. The Balaban J connectivity index is 2.08. The summed E-state index contributed by atoms with van der Waals surface area (Å²) in [6, 6.07) is 12.3. The summed E-state index contributed by atoms with van der Waals surface area (Å²) in [6.45, 7) is 1.80. The maximum absolute atomic E-state index is 13.4. The predicted octanol–water partition coefficient (Wildman–Crippen LogP) is 4.10. The molecule has 25 heavy (non-hydrogen) atoms. The highest BCUT2D eigenvalue weighted by molar-refractivity contribution is 9.10. The molecule has 0 unspecified atom stereocenters. The Kier molecular flexibility index (Phi) is 4.66. The van der Waals surface area contributed by atoms with Crippen LogP contribution in [-0.4, -0.2) is 18.2 Å². The molecular weight excluding hydrogens is 409 g/mol. The number of hydrogen-bond donors (Lipinski definition) is 1. The fraction of sp³-hybridized carbons (Fsp3) is 0.118. The van der Waals surface area contributed by atoms with Crippen LogP contribution in [0.2, 0.25) is 0 Å². The van der Waals surface area contributed by atoms with Crippen molar-refractivity contribution in [1.29, 1.82) is 0 Å². The van der Waals surface area contributed by atoms with Crippen molar-refractivity contribution in [3.63, 3.8) is 0 Å². The van der Waals surface area contributed by atoms with Gasteiger partial charge in [0.1, 0.15) is 11.6 Å². The molecule has 0 atom stereocenters. The van der Waals surface area contributed by atoms with Crippen molar-refractivity contribution in [2.75, 3.05) is 4.72 Å². The molecule has 0 spiro atoms. The van der Waals surface area contributed by atoms with Gasteiger partial charge in [-0.1, -0.05) is 34.1 Å². The molecule has 3 rings (SSSR count). The number of sulfonamides is 1. The van der Waals surface area contributed by atoms with Crippen molar-refractivity contribution < 1.29 is 12.8 Å². The van der Waals surface area contributed by atoms with E-state index in [1.165, 1.54) is 22.9 Å². The molecule has 1 N–H and O–H groups in total. The van der Waals surface area contributed by atoms with E-state index < -0.39 is 15.8 Å². The van der Waals surface area contributed by atoms with E-state index in [0.717, 1.165) is 16.1 Å². The maximum Gasteiger partial charge on any atom is 0.263 e. The van der Waals surface area contributed by atoms with Crippen molar-refractivity contribution in [3.8, 4) is 11.1 Å². The molecule has 0 amide bonds. The second-order valence-corrected chi connectivity index (χ2v) is 8.10. The van der Waals surface area contributed by atoms with Gasteiger partial charge in [0.05, 0.1) is 10.6 Å². The van der Waals surface area contributed by atoms with Crippen LogP contribution in [0.15, 0.2) is 57.9 Å². The largest absolute Gasteiger partial charge is 0.263 e. The number of benzene rings is 2. The third kappa shape index (κ3) is 3.59. The fourth-order valence-electron chi connectivity index (χ4n) is 2.56. The molecule has 130 valence electrons. The van der Waals surface area contributed by atoms with E-state index in [-0.39, 0.29) is 4.90 Å². The first kappa shape index (κ1) is 17.6. The Morgan fingerprint density at radius 1 is 1.16 bits per heavy atom. The molecule has 0 aliphatic heterocycles. The summed E-state index contributed by atoms with van der Waals surface area (Å²) in [7, 11) is -2.29. The summed E-state index contributed by atoms with van der Waals surface area (Å²) in [5, 5.41) is 4.31. The summed E-state index contributed by atoms with van der Waals surface area (Å²) in [4.78, 5) is -0.145. The van der Waals surface area contributed by atoms with Crippen LogP contribution >= 0.6 is 15.9 Å². The van der Waals surface area contributed by atoms with E-state index >= 15 is 0 Å². The van der Waals surface area contributed by atoms with E-state index in [4.69, 9.17) is 0 Å². The van der Waals surface area contributed by atoms with Crippen LogP contribution in [0.5, 0.6) is 0 Å². The standard InChI is InChI=1S/C17H15BrFN3O2S/c1-11-16(12-6-8-13(18)9-7-12)17(22(2)20-11)21-25(23,24)15-5-3-4-14(19)10-15/h3-10,21H,1-2H3. The highest BCUT2D eigenvalue weighted by atomic mass is 79.9. The molecule has 0 bridgehead atoms. The number of hydrogen-bond acceptors (Lipinski definition) is 3. The molecule has 0 aliphatic rings. The molecule has 3 aromatic rings. The van der Waals surface area contributed by atoms with E-state index in [2.05, 4.69) is 25.8 Å². The molecule has 5 nitrogen and oxygen atoms in total. The average molecular weight is 424 g/mol. The summed E-state index contributed by atoms with van der Waals surface area (Å²) in [6.07, 6.45) is 0. The zero-order valence-electron chi connectivity index (χ0n) is 13.5. The molecule has 0 saturated carbocycles. The SMILES string of the molecule is Cc1nn(C)c(NS(=O)(=O)c2cccc(F)c2)c1-c1ccc(Br)cc1. The Morgan fingerprint density at radius 2 is 1.84 bits per heavy atom. The molecule has 0 saturated heterocycles. The molecule has 0 aliphatic carbocycles. The first-order valence-electron chi connectivity index (χ1n) is 7.36. The van der Waals surface area contributed by atoms with Gasteiger partial charge in [-0.3, -0.25) is 9.40 Å². The van der Waals surface area contributed by atoms with Gasteiger partial charge in [-0.15, -0.1) is 0 Å². The van der Waals surface area contributed by atoms with E-state index in [1.807, 2.05) is 24.3 Å². The normalized spacial score (nSPS) is 11.5. The van der Waals surface area contributed by atoms with Crippen LogP contribution < -0.4 is 4.72 Å². The van der Waals surface area contributed by atoms with Gasteiger partial charge in [-0.25, -0.2) is 12.8 Å². The van der Waals surface area contributed by atoms with Gasteiger partial charge < -0.3 is 0 Å². The Morgan fingerprint density at radius 3 is 2.48 bits per heavy atom. The van der Waals surface area contributed by atoms with E-state index in [1.54, 1.807) is 14.0 Å². The summed E-state index contributed by atoms with van der Waals surface area (Å²) in [5.41, 5.74) is 2.18. The minimum Gasteiger partial charge on any atom is -0.263 e. The molecule has 8 heteroatoms. The van der Waals surface area contributed by atoms with Crippen molar-refractivity contribution in [2.45, 2.75) is 11.8 Å². The Hall–Kier alpha value is -2.19. The topological polar surface area (TPSA) is 64.0 Å². The van der Waals surface area contributed by atoms with Crippen molar-refractivity contribution in [1.82, 2.24) is 9.78 Å². The smallest absolute Gasteiger partial charge is 0.263 e. The van der Waals surface area contributed by atoms with E-state index in [9.17, 15) is 12.8 Å². The van der Waals surface area contributed by atoms with Gasteiger partial charge in [0, 0.05) is 17.1 Å². The molecule has 1 aromatic heterocycles. The number of nitrogens with one attached hydrogen (secondary N) is 1. The minimum atomic E-state index is -3.94. The summed E-state index contributed by atoms with van der Waals surface area (Å²) < 4.78 is 43.5. The molecule has 0 radical (unpaired) electrons. The van der Waals surface area contributed by atoms with Gasteiger partial charge in [-0.05, 0) is 42.8 Å². The zero-order valence-corrected chi connectivity index (χ0v) is 15.9. The lowest BCUT2D eigenvalue weighted by molar-refractivity contribution is 0.594. The molecule has 1 heterocycles. The number of aryl methyl sites for hydroxylation is 2. The lowest BCUT2D eigenvalue weighted by atomic mass is 10.1. The lowest BCUT2D eigenvalue weighted by Crippen LogP contribution is -2.16. The van der Waals surface area contributed by atoms with Crippen LogP contribution in [0.3, 0.4) is 0 Å². The Bertz CT molecular complexity index is 1030. The minimum absolute atomic E-state index is 0.145. The van der Waals surface area contributed by atoms with Crippen LogP contribution in [0.1, 0.15) is 5.69 Å². The van der Waals surface area contributed by atoms with Gasteiger partial charge in [-0.2, -0.15) is 5.10 Å². The number of rotatable bonds is 4. The highest BCUT2D eigenvalue weighted by Gasteiger charge is 2.22. The maximum atomic E-state index is 13.4. The predicted molar refractivity (Wildman–Crippen MR) is 98.3 cm³/mol. The first-order valence-corrected chi connectivity index (χ1v) is 9.63. The van der Waals surface area contributed by atoms with Crippen LogP contribution in [0, 0.1) is 12.7 Å². The van der Waals surface area contributed by atoms with Crippen molar-refractivity contribution >= 4 is 31.8 Å². The second-order valence-electron chi connectivity index (χ2n) is 5.50. The van der Waals surface area contributed by atoms with Gasteiger partial charge in [0.2, 0.25) is 0 Å². The van der Waals surface area contributed by atoms with E-state index in [0.29, 0.717) is 17.1 Å². The quantitative estimate of drug-likeness (QED) is 0.686. The number of aromatic nitrogens is 2. The molecule has 2 aromatic carbocycles. The zero-order chi connectivity index (χ0) is 18.2. The third-order valence-electron chi connectivity index (χ3n) is 3.69. The fourth-order valence-corrected chi connectivity index (χ4v) is 3.95. The molecule has 0 fully saturated rings. The second kappa shape index (κ2) is 6.61. The monoisotopic (exact) mass is 423 g/mol.